The van der Waals surface area contributed by atoms with Crippen LogP contribution in [0.3, 0.4) is 0 Å². The fourth-order valence-electron chi connectivity index (χ4n) is 2.45. The van der Waals surface area contributed by atoms with Gasteiger partial charge in [-0.25, -0.2) is 0 Å². The van der Waals surface area contributed by atoms with Crippen molar-refractivity contribution in [2.45, 2.75) is 33.1 Å². The quantitative estimate of drug-likeness (QED) is 0.601. The number of nitrogens with zero attached hydrogens (tertiary/aromatic N) is 2. The first-order chi connectivity index (χ1) is 9.11. The molecule has 0 bridgehead atoms. The molecule has 0 atom stereocenters. The zero-order valence-corrected chi connectivity index (χ0v) is 11.6. The molecule has 0 saturated heterocycles. The van der Waals surface area contributed by atoms with Gasteiger partial charge in [0.25, 0.3) is 0 Å². The summed E-state index contributed by atoms with van der Waals surface area (Å²) in [7, 11) is 0. The highest BCUT2D eigenvalue weighted by molar-refractivity contribution is 5.64. The molecular weight excluding hydrogens is 240 g/mol. The van der Waals surface area contributed by atoms with Crippen LogP contribution in [0.2, 0.25) is 0 Å². The summed E-state index contributed by atoms with van der Waals surface area (Å²) in [5, 5.41) is 10.6. The molecule has 0 spiro atoms. The Balaban J connectivity index is 2.18. The summed E-state index contributed by atoms with van der Waals surface area (Å²) in [6.07, 6.45) is 5.09. The fourth-order valence-corrected chi connectivity index (χ4v) is 2.45. The zero-order chi connectivity index (χ0) is 13.8. The molecular formula is C15H20N2O2. The lowest BCUT2D eigenvalue weighted by Crippen LogP contribution is -2.21. The summed E-state index contributed by atoms with van der Waals surface area (Å²) in [4.78, 5) is 12.7. The van der Waals surface area contributed by atoms with E-state index in [1.807, 2.05) is 6.07 Å². The van der Waals surface area contributed by atoms with Crippen molar-refractivity contribution in [3.63, 3.8) is 0 Å². The van der Waals surface area contributed by atoms with Gasteiger partial charge in [-0.1, -0.05) is 19.4 Å². The number of rotatable bonds is 5. The molecule has 0 N–H and O–H groups in total. The molecule has 102 valence electrons. The monoisotopic (exact) mass is 260 g/mol. The van der Waals surface area contributed by atoms with Gasteiger partial charge in [0, 0.05) is 31.8 Å². The van der Waals surface area contributed by atoms with Crippen molar-refractivity contribution in [1.29, 1.82) is 0 Å². The standard InChI is InChI=1S/C15H20N2O2/c1-3-4-8-16-9-7-14-11-13(5-6-15(14)16)10-12(2)17(18)19/h5-6,10-11H,3-4,7-9H2,1-2H3/b12-10+. The van der Waals surface area contributed by atoms with E-state index in [-0.39, 0.29) is 10.6 Å². The van der Waals surface area contributed by atoms with E-state index in [1.165, 1.54) is 31.0 Å². The molecule has 0 unspecified atom stereocenters. The summed E-state index contributed by atoms with van der Waals surface area (Å²) in [6, 6.07) is 6.14. The summed E-state index contributed by atoms with van der Waals surface area (Å²) < 4.78 is 0. The van der Waals surface area contributed by atoms with Gasteiger partial charge in [-0.2, -0.15) is 0 Å². The number of fused-ring (bicyclic) bond motifs is 1. The molecule has 1 aromatic carbocycles. The summed E-state index contributed by atoms with van der Waals surface area (Å²) in [5.41, 5.74) is 3.71. The van der Waals surface area contributed by atoms with Gasteiger partial charge in [-0.3, -0.25) is 10.1 Å². The molecule has 1 aliphatic rings. The Morgan fingerprint density at radius 3 is 3.00 bits per heavy atom. The van der Waals surface area contributed by atoms with E-state index in [2.05, 4.69) is 24.0 Å². The van der Waals surface area contributed by atoms with E-state index >= 15 is 0 Å². The van der Waals surface area contributed by atoms with Crippen LogP contribution in [0.25, 0.3) is 6.08 Å². The molecule has 0 amide bonds. The molecule has 1 aromatic rings. The molecule has 0 fully saturated rings. The first-order valence-electron chi connectivity index (χ1n) is 6.82. The van der Waals surface area contributed by atoms with Crippen molar-refractivity contribution >= 4 is 11.8 Å². The minimum atomic E-state index is -0.346. The Hall–Kier alpha value is -1.84. The van der Waals surface area contributed by atoms with Gasteiger partial charge in [-0.15, -0.1) is 0 Å². The van der Waals surface area contributed by atoms with E-state index in [9.17, 15) is 10.1 Å². The maximum atomic E-state index is 10.6. The van der Waals surface area contributed by atoms with Crippen molar-refractivity contribution in [2.24, 2.45) is 0 Å². The normalized spacial score (nSPS) is 14.6. The smallest absolute Gasteiger partial charge is 0.243 e. The summed E-state index contributed by atoms with van der Waals surface area (Å²) in [5.74, 6) is 0. The predicted molar refractivity (Wildman–Crippen MR) is 77.9 cm³/mol. The van der Waals surface area contributed by atoms with Crippen LogP contribution in [0.4, 0.5) is 5.69 Å². The van der Waals surface area contributed by atoms with Gasteiger partial charge in [0.15, 0.2) is 0 Å². The average Bonchev–Trinajstić information content (AvgIpc) is 2.78. The van der Waals surface area contributed by atoms with E-state index in [0.29, 0.717) is 0 Å². The van der Waals surface area contributed by atoms with Crippen LogP contribution in [-0.2, 0) is 6.42 Å². The van der Waals surface area contributed by atoms with Gasteiger partial charge < -0.3 is 4.90 Å². The van der Waals surface area contributed by atoms with Crippen molar-refractivity contribution in [3.8, 4) is 0 Å². The van der Waals surface area contributed by atoms with Crippen LogP contribution in [0.1, 0.15) is 37.8 Å². The lowest BCUT2D eigenvalue weighted by Gasteiger charge is -2.18. The number of nitro groups is 1. The van der Waals surface area contributed by atoms with Gasteiger partial charge in [-0.05, 0) is 36.1 Å². The third-order valence-electron chi connectivity index (χ3n) is 3.54. The second kappa shape index (κ2) is 5.87. The predicted octanol–water partition coefficient (Wildman–Crippen LogP) is 3.49. The number of hydrogen-bond donors (Lipinski definition) is 0. The molecule has 1 aliphatic heterocycles. The van der Waals surface area contributed by atoms with Gasteiger partial charge in [0.1, 0.15) is 0 Å². The van der Waals surface area contributed by atoms with Crippen molar-refractivity contribution in [3.05, 3.63) is 45.1 Å². The Morgan fingerprint density at radius 1 is 1.53 bits per heavy atom. The lowest BCUT2D eigenvalue weighted by molar-refractivity contribution is -0.422. The molecule has 0 aliphatic carbocycles. The van der Waals surface area contributed by atoms with E-state index in [4.69, 9.17) is 0 Å². The lowest BCUT2D eigenvalue weighted by atomic mass is 10.1. The molecule has 1 heterocycles. The molecule has 0 saturated carbocycles. The molecule has 2 rings (SSSR count). The van der Waals surface area contributed by atoms with Gasteiger partial charge >= 0.3 is 0 Å². The summed E-state index contributed by atoms with van der Waals surface area (Å²) in [6.45, 7) is 5.90. The molecule has 0 radical (unpaired) electrons. The topological polar surface area (TPSA) is 46.4 Å². The average molecular weight is 260 g/mol. The SMILES string of the molecule is CCCCN1CCc2cc(/C=C(\C)[N+](=O)[O-])ccc21. The van der Waals surface area contributed by atoms with Crippen LogP contribution in [-0.4, -0.2) is 18.0 Å². The fraction of sp³-hybridized carbons (Fsp3) is 0.467. The highest BCUT2D eigenvalue weighted by Gasteiger charge is 2.18. The highest BCUT2D eigenvalue weighted by Crippen LogP contribution is 2.29. The first-order valence-corrected chi connectivity index (χ1v) is 6.82. The Morgan fingerprint density at radius 2 is 2.32 bits per heavy atom. The van der Waals surface area contributed by atoms with Crippen molar-refractivity contribution < 1.29 is 4.92 Å². The maximum Gasteiger partial charge on any atom is 0.243 e. The highest BCUT2D eigenvalue weighted by atomic mass is 16.6. The minimum Gasteiger partial charge on any atom is -0.371 e. The van der Waals surface area contributed by atoms with Crippen LogP contribution < -0.4 is 4.90 Å². The van der Waals surface area contributed by atoms with E-state index < -0.39 is 0 Å². The molecule has 19 heavy (non-hydrogen) atoms. The number of benzene rings is 1. The van der Waals surface area contributed by atoms with Gasteiger partial charge in [0.2, 0.25) is 5.70 Å². The third kappa shape index (κ3) is 3.13. The second-order valence-corrected chi connectivity index (χ2v) is 5.02. The Bertz CT molecular complexity index is 509. The number of allylic oxidation sites excluding steroid dienone is 1. The second-order valence-electron chi connectivity index (χ2n) is 5.02. The minimum absolute atomic E-state index is 0.181. The number of unbranched alkanes of at least 4 members (excludes halogenated alkanes) is 1. The van der Waals surface area contributed by atoms with Crippen molar-refractivity contribution in [2.75, 3.05) is 18.0 Å². The van der Waals surface area contributed by atoms with E-state index in [0.717, 1.165) is 25.1 Å². The largest absolute Gasteiger partial charge is 0.371 e. The molecule has 0 aromatic heterocycles. The zero-order valence-electron chi connectivity index (χ0n) is 11.6. The van der Waals surface area contributed by atoms with Crippen LogP contribution >= 0.6 is 0 Å². The first kappa shape index (κ1) is 13.6. The maximum absolute atomic E-state index is 10.6. The number of hydrogen-bond acceptors (Lipinski definition) is 3. The molecule has 4 nitrogen and oxygen atoms in total. The summed E-state index contributed by atoms with van der Waals surface area (Å²) >= 11 is 0. The number of anilines is 1. The van der Waals surface area contributed by atoms with Gasteiger partial charge in [0.05, 0.1) is 4.92 Å². The van der Waals surface area contributed by atoms with Crippen LogP contribution in [0.5, 0.6) is 0 Å². The third-order valence-corrected chi connectivity index (χ3v) is 3.54. The molecule has 4 heteroatoms. The Labute approximate surface area is 113 Å². The van der Waals surface area contributed by atoms with E-state index in [1.54, 1.807) is 6.08 Å². The van der Waals surface area contributed by atoms with Crippen LogP contribution in [0, 0.1) is 10.1 Å². The Kier molecular flexibility index (Phi) is 4.20. The van der Waals surface area contributed by atoms with Crippen LogP contribution in [0.15, 0.2) is 23.9 Å². The van der Waals surface area contributed by atoms with Crippen molar-refractivity contribution in [1.82, 2.24) is 0 Å².